The number of unbranched alkanes of at least 4 members (excludes halogenated alkanes) is 7. The second kappa shape index (κ2) is 40.5. The summed E-state index contributed by atoms with van der Waals surface area (Å²) in [5.74, 6) is -6.08. The largest absolute Gasteiger partial charge is 0.466 e. The minimum absolute atomic E-state index is 0.00686. The normalized spacial score (nSPS) is 13.8. The van der Waals surface area contributed by atoms with Crippen molar-refractivity contribution in [3.63, 3.8) is 0 Å². The summed E-state index contributed by atoms with van der Waals surface area (Å²) in [6.07, 6.45) is 8.95. The minimum Gasteiger partial charge on any atom is -0.466 e. The van der Waals surface area contributed by atoms with Gasteiger partial charge in [-0.1, -0.05) is 114 Å². The van der Waals surface area contributed by atoms with Crippen LogP contribution in [-0.2, 0) is 47.8 Å². The van der Waals surface area contributed by atoms with E-state index in [0.717, 1.165) is 84.0 Å². The highest BCUT2D eigenvalue weighted by molar-refractivity contribution is 5.94. The Balaban J connectivity index is 6.99. The maximum absolute atomic E-state index is 15.2. The maximum atomic E-state index is 15.2. The van der Waals surface area contributed by atoms with E-state index in [2.05, 4.69) is 56.3 Å². The first-order chi connectivity index (χ1) is 36.6. The Labute approximate surface area is 474 Å². The smallest absolute Gasteiger partial charge is 0.309 e. The fourth-order valence-corrected chi connectivity index (χ4v) is 9.55. The van der Waals surface area contributed by atoms with Crippen molar-refractivity contribution in [2.45, 2.75) is 185 Å². The number of nitrogens with zero attached hydrogens (tertiary/aromatic N) is 4. The summed E-state index contributed by atoms with van der Waals surface area (Å²) in [6, 6.07) is 0. The molecule has 2 amide bonds. The van der Waals surface area contributed by atoms with Crippen LogP contribution in [0, 0.1) is 39.9 Å². The van der Waals surface area contributed by atoms with Gasteiger partial charge in [0.2, 0.25) is 11.8 Å². The van der Waals surface area contributed by atoms with E-state index in [-0.39, 0.29) is 87.1 Å². The second-order valence-corrected chi connectivity index (χ2v) is 24.8. The Morgan fingerprint density at radius 2 is 0.936 bits per heavy atom. The molecule has 454 valence electrons. The molecule has 78 heavy (non-hydrogen) atoms. The highest BCUT2D eigenvalue weighted by Gasteiger charge is 2.44. The molecule has 4 atom stereocenters. The number of hydrogen-bond donors (Lipinski definition) is 3. The van der Waals surface area contributed by atoms with E-state index in [1.54, 1.807) is 41.5 Å². The molecule has 0 aliphatic heterocycles. The number of carbonyl (C=O) groups excluding carboxylic acids is 8. The Bertz CT molecular complexity index is 1770. The lowest BCUT2D eigenvalue weighted by atomic mass is 9.67. The summed E-state index contributed by atoms with van der Waals surface area (Å²) < 4.78 is 11.3. The van der Waals surface area contributed by atoms with Crippen molar-refractivity contribution >= 4 is 46.9 Å². The number of likely N-dealkylation sites (N-methyl/N-ethyl adjacent to an activating group) is 4. The van der Waals surface area contributed by atoms with Crippen LogP contribution in [0.2, 0.25) is 0 Å². The van der Waals surface area contributed by atoms with Crippen LogP contribution < -0.4 is 16.0 Å². The van der Waals surface area contributed by atoms with Gasteiger partial charge >= 0.3 is 11.9 Å². The van der Waals surface area contributed by atoms with Crippen LogP contribution >= 0.6 is 0 Å². The molecule has 0 rings (SSSR count). The van der Waals surface area contributed by atoms with Crippen LogP contribution in [-0.4, -0.2) is 187 Å². The molecule has 0 aromatic rings. The molecule has 0 radical (unpaired) electrons. The van der Waals surface area contributed by atoms with Gasteiger partial charge in [-0.25, -0.2) is 0 Å². The third-order valence-corrected chi connectivity index (χ3v) is 15.2. The predicted octanol–water partition coefficient (Wildman–Crippen LogP) is 7.80. The third kappa shape index (κ3) is 33.2. The average Bonchev–Trinajstić information content (AvgIpc) is 3.36. The van der Waals surface area contributed by atoms with E-state index >= 15 is 4.79 Å². The Morgan fingerprint density at radius 1 is 0.462 bits per heavy atom. The zero-order valence-electron chi connectivity index (χ0n) is 52.4. The number of ketones is 4. The van der Waals surface area contributed by atoms with Gasteiger partial charge in [0, 0.05) is 106 Å². The lowest BCUT2D eigenvalue weighted by molar-refractivity contribution is -0.152. The molecule has 0 aromatic heterocycles. The summed E-state index contributed by atoms with van der Waals surface area (Å²) in [7, 11) is 12.0. The van der Waals surface area contributed by atoms with E-state index in [1.165, 1.54) is 0 Å². The summed E-state index contributed by atoms with van der Waals surface area (Å²) in [5, 5.41) is 9.24. The summed E-state index contributed by atoms with van der Waals surface area (Å²) in [6.45, 7) is 24.9. The SMILES string of the molecule is CCCCCCOC(=O)CC(CC(C)(C)C(=O)CC(CC)C(=O)OCCCCCC)C(=O)C(C)(C)CC(CC(=O)C(C)(C)CC(CC(=O)NCCN(C)CCN(C)C)C(=O)CNCCCC)C(=O)NCCN(C)CCN(C)C. The quantitative estimate of drug-likeness (QED) is 0.0393. The Kier molecular flexibility index (Phi) is 38.6. The first kappa shape index (κ1) is 74.4. The third-order valence-electron chi connectivity index (χ3n) is 15.2. The van der Waals surface area contributed by atoms with Crippen molar-refractivity contribution in [1.29, 1.82) is 0 Å². The van der Waals surface area contributed by atoms with Crippen molar-refractivity contribution < 1.29 is 47.8 Å². The summed E-state index contributed by atoms with van der Waals surface area (Å²) in [5.41, 5.74) is -3.57. The molecular weight excluding hydrogens is 991 g/mol. The standard InChI is InChI=1S/C61H115N7O10/c1-17-21-24-26-37-77-55(73)42-49(44-60(7,8)52(70)39-47(20-4)58(76)78-38-27-25-22-18-2)56(74)61(9,10)45-50(57(75)64-30-32-68(16)36-34-66(13)14)40-53(71)59(5,6)43-48(51(69)46-62-28-23-19-3)41-54(72)63-29-31-67(15)35-33-65(11)12/h47-50,62H,17-46H2,1-16H3,(H,63,72)(H,64,75). The van der Waals surface area contributed by atoms with E-state index in [4.69, 9.17) is 9.47 Å². The minimum atomic E-state index is -1.28. The maximum Gasteiger partial charge on any atom is 0.309 e. The van der Waals surface area contributed by atoms with Gasteiger partial charge in [0.15, 0.2) is 0 Å². The first-order valence-electron chi connectivity index (χ1n) is 29.9. The molecule has 0 aliphatic rings. The van der Waals surface area contributed by atoms with Crippen LogP contribution in [0.3, 0.4) is 0 Å². The number of amides is 2. The topological polar surface area (TPSA) is 204 Å². The Hall–Kier alpha value is -3.64. The average molecular weight is 1110 g/mol. The van der Waals surface area contributed by atoms with Crippen molar-refractivity contribution in [2.75, 3.05) is 121 Å². The van der Waals surface area contributed by atoms with Gasteiger partial charge in [0.1, 0.15) is 23.1 Å². The highest BCUT2D eigenvalue weighted by atomic mass is 16.5. The molecule has 3 N–H and O–H groups in total. The van der Waals surface area contributed by atoms with Crippen molar-refractivity contribution in [2.24, 2.45) is 39.9 Å². The molecule has 17 nitrogen and oxygen atoms in total. The molecule has 0 bridgehead atoms. The van der Waals surface area contributed by atoms with Gasteiger partial charge in [-0.3, -0.25) is 38.4 Å². The van der Waals surface area contributed by atoms with Crippen LogP contribution in [0.25, 0.3) is 0 Å². The molecule has 0 saturated carbocycles. The number of hydrogen-bond acceptors (Lipinski definition) is 15. The number of esters is 2. The molecular formula is C61H115N7O10. The van der Waals surface area contributed by atoms with Gasteiger partial charge < -0.3 is 45.0 Å². The molecule has 0 heterocycles. The molecule has 4 unspecified atom stereocenters. The van der Waals surface area contributed by atoms with Crippen molar-refractivity contribution in [3.05, 3.63) is 0 Å². The molecule has 0 fully saturated rings. The zero-order chi connectivity index (χ0) is 59.5. The van der Waals surface area contributed by atoms with E-state index in [0.29, 0.717) is 52.2 Å². The van der Waals surface area contributed by atoms with Gasteiger partial charge in [0.05, 0.1) is 32.1 Å². The summed E-state index contributed by atoms with van der Waals surface area (Å²) in [4.78, 5) is 121. The fraction of sp³-hybridized carbons (Fsp3) is 0.869. The van der Waals surface area contributed by atoms with Gasteiger partial charge in [-0.15, -0.1) is 0 Å². The lowest BCUT2D eigenvalue weighted by Gasteiger charge is -2.35. The van der Waals surface area contributed by atoms with Gasteiger partial charge in [0.25, 0.3) is 0 Å². The fourth-order valence-electron chi connectivity index (χ4n) is 9.55. The van der Waals surface area contributed by atoms with E-state index in [9.17, 15) is 33.6 Å². The van der Waals surface area contributed by atoms with Crippen LogP contribution in [0.4, 0.5) is 0 Å². The molecule has 0 aliphatic carbocycles. The lowest BCUT2D eigenvalue weighted by Crippen LogP contribution is -2.44. The van der Waals surface area contributed by atoms with Crippen LogP contribution in [0.1, 0.15) is 185 Å². The molecule has 0 saturated heterocycles. The van der Waals surface area contributed by atoms with Crippen molar-refractivity contribution in [3.8, 4) is 0 Å². The number of ether oxygens (including phenoxy) is 2. The first-order valence-corrected chi connectivity index (χ1v) is 29.9. The highest BCUT2D eigenvalue weighted by Crippen LogP contribution is 2.40. The van der Waals surface area contributed by atoms with Gasteiger partial charge in [-0.05, 0) is 93.8 Å². The number of nitrogens with one attached hydrogen (secondary N) is 3. The number of rotatable bonds is 49. The Morgan fingerprint density at radius 3 is 1.44 bits per heavy atom. The van der Waals surface area contributed by atoms with Gasteiger partial charge in [-0.2, -0.15) is 0 Å². The zero-order valence-corrected chi connectivity index (χ0v) is 52.4. The second-order valence-electron chi connectivity index (χ2n) is 24.8. The van der Waals surface area contributed by atoms with Crippen LogP contribution in [0.5, 0.6) is 0 Å². The van der Waals surface area contributed by atoms with Crippen LogP contribution in [0.15, 0.2) is 0 Å². The number of Topliss-reactive ketones (excluding diaryl/α,β-unsaturated/α-hetero) is 4. The predicted molar refractivity (Wildman–Crippen MR) is 314 cm³/mol. The van der Waals surface area contributed by atoms with Crippen molar-refractivity contribution in [1.82, 2.24) is 35.6 Å². The monoisotopic (exact) mass is 1110 g/mol. The number of carbonyl (C=O) groups is 8. The van der Waals surface area contributed by atoms with E-state index in [1.807, 2.05) is 49.2 Å². The van der Waals surface area contributed by atoms with E-state index < -0.39 is 57.8 Å². The molecule has 0 spiro atoms. The summed E-state index contributed by atoms with van der Waals surface area (Å²) >= 11 is 0. The molecule has 17 heteroatoms. The molecule has 0 aromatic carbocycles.